The van der Waals surface area contributed by atoms with E-state index in [1.807, 2.05) is 6.92 Å². The van der Waals surface area contributed by atoms with Crippen LogP contribution < -0.4 is 15.2 Å². The predicted octanol–water partition coefficient (Wildman–Crippen LogP) is 2.58. The van der Waals surface area contributed by atoms with Crippen molar-refractivity contribution in [2.24, 2.45) is 5.73 Å². The van der Waals surface area contributed by atoms with E-state index < -0.39 is 6.61 Å². The maximum absolute atomic E-state index is 12.1. The van der Waals surface area contributed by atoms with E-state index >= 15 is 0 Å². The number of hydrogen-bond donors (Lipinski definition) is 1. The van der Waals surface area contributed by atoms with Crippen LogP contribution in [0.4, 0.5) is 8.78 Å². The summed E-state index contributed by atoms with van der Waals surface area (Å²) in [5.41, 5.74) is 6.77. The van der Waals surface area contributed by atoms with Crippen LogP contribution in [0.1, 0.15) is 18.9 Å². The van der Waals surface area contributed by atoms with Crippen LogP contribution in [0.3, 0.4) is 0 Å². The van der Waals surface area contributed by atoms with Gasteiger partial charge in [-0.3, -0.25) is 0 Å². The Labute approximate surface area is 99.5 Å². The van der Waals surface area contributed by atoms with Gasteiger partial charge in [0.25, 0.3) is 0 Å². The van der Waals surface area contributed by atoms with Crippen LogP contribution in [0.25, 0.3) is 0 Å². The molecule has 0 aliphatic carbocycles. The number of benzene rings is 1. The number of rotatable bonds is 6. The van der Waals surface area contributed by atoms with Crippen LogP contribution in [0.2, 0.25) is 0 Å². The molecule has 1 aromatic carbocycles. The lowest BCUT2D eigenvalue weighted by molar-refractivity contribution is -0.0512. The van der Waals surface area contributed by atoms with Gasteiger partial charge in [0.05, 0.1) is 7.11 Å². The van der Waals surface area contributed by atoms with Crippen molar-refractivity contribution in [3.63, 3.8) is 0 Å². The molecule has 0 spiro atoms. The third-order valence-corrected chi connectivity index (χ3v) is 2.47. The number of nitrogens with two attached hydrogens (primary N) is 1. The van der Waals surface area contributed by atoms with E-state index in [0.717, 1.165) is 12.0 Å². The highest BCUT2D eigenvalue weighted by Crippen LogP contribution is 2.29. The van der Waals surface area contributed by atoms with E-state index in [1.165, 1.54) is 13.2 Å². The van der Waals surface area contributed by atoms with E-state index in [0.29, 0.717) is 12.2 Å². The molecule has 0 amide bonds. The second-order valence-corrected chi connectivity index (χ2v) is 3.74. The largest absolute Gasteiger partial charge is 0.493 e. The quantitative estimate of drug-likeness (QED) is 0.837. The fourth-order valence-electron chi connectivity index (χ4n) is 1.48. The number of methoxy groups -OCH3 is 1. The van der Waals surface area contributed by atoms with E-state index in [-0.39, 0.29) is 11.8 Å². The summed E-state index contributed by atoms with van der Waals surface area (Å²) in [7, 11) is 1.41. The molecule has 1 unspecified atom stereocenters. The third kappa shape index (κ3) is 4.19. The van der Waals surface area contributed by atoms with Gasteiger partial charge in [-0.15, -0.1) is 0 Å². The SMILES string of the molecule is CCC(N)Cc1ccc(OC(F)F)c(OC)c1. The highest BCUT2D eigenvalue weighted by molar-refractivity contribution is 5.43. The van der Waals surface area contributed by atoms with Gasteiger partial charge in [-0.25, -0.2) is 0 Å². The molecule has 2 N–H and O–H groups in total. The van der Waals surface area contributed by atoms with Gasteiger partial charge in [0.15, 0.2) is 11.5 Å². The number of hydrogen-bond acceptors (Lipinski definition) is 3. The topological polar surface area (TPSA) is 44.5 Å². The molecule has 5 heteroatoms. The summed E-state index contributed by atoms with van der Waals surface area (Å²) in [4.78, 5) is 0. The van der Waals surface area contributed by atoms with Crippen LogP contribution in [-0.4, -0.2) is 19.8 Å². The smallest absolute Gasteiger partial charge is 0.387 e. The van der Waals surface area contributed by atoms with E-state index in [2.05, 4.69) is 4.74 Å². The Hall–Kier alpha value is -1.36. The Bertz CT molecular complexity index is 358. The highest BCUT2D eigenvalue weighted by atomic mass is 19.3. The lowest BCUT2D eigenvalue weighted by Gasteiger charge is -2.13. The Morgan fingerprint density at radius 1 is 1.29 bits per heavy atom. The molecule has 0 saturated carbocycles. The number of ether oxygens (including phenoxy) is 2. The Balaban J connectivity index is 2.84. The molecular weight excluding hydrogens is 228 g/mol. The van der Waals surface area contributed by atoms with Crippen molar-refractivity contribution in [1.29, 1.82) is 0 Å². The van der Waals surface area contributed by atoms with Crippen LogP contribution in [-0.2, 0) is 6.42 Å². The zero-order valence-electron chi connectivity index (χ0n) is 9.95. The zero-order valence-corrected chi connectivity index (χ0v) is 9.95. The number of alkyl halides is 2. The molecule has 0 aromatic heterocycles. The zero-order chi connectivity index (χ0) is 12.8. The normalized spacial score (nSPS) is 12.6. The van der Waals surface area contributed by atoms with Gasteiger partial charge in [-0.2, -0.15) is 8.78 Å². The van der Waals surface area contributed by atoms with Gasteiger partial charge < -0.3 is 15.2 Å². The summed E-state index contributed by atoms with van der Waals surface area (Å²) >= 11 is 0. The van der Waals surface area contributed by atoms with Crippen molar-refractivity contribution in [3.05, 3.63) is 23.8 Å². The van der Waals surface area contributed by atoms with Crippen LogP contribution >= 0.6 is 0 Å². The molecule has 0 fully saturated rings. The second-order valence-electron chi connectivity index (χ2n) is 3.74. The van der Waals surface area contributed by atoms with Gasteiger partial charge >= 0.3 is 6.61 Å². The van der Waals surface area contributed by atoms with Crippen LogP contribution in [0.5, 0.6) is 11.5 Å². The van der Waals surface area contributed by atoms with Crippen molar-refractivity contribution in [2.45, 2.75) is 32.4 Å². The van der Waals surface area contributed by atoms with E-state index in [9.17, 15) is 8.78 Å². The minimum Gasteiger partial charge on any atom is -0.493 e. The maximum Gasteiger partial charge on any atom is 0.387 e. The molecule has 0 aliphatic rings. The van der Waals surface area contributed by atoms with E-state index in [4.69, 9.17) is 10.5 Å². The molecule has 0 saturated heterocycles. The van der Waals surface area contributed by atoms with E-state index in [1.54, 1.807) is 12.1 Å². The fourth-order valence-corrected chi connectivity index (χ4v) is 1.48. The maximum atomic E-state index is 12.1. The molecule has 0 radical (unpaired) electrons. The molecule has 1 atom stereocenters. The highest BCUT2D eigenvalue weighted by Gasteiger charge is 2.11. The predicted molar refractivity (Wildman–Crippen MR) is 61.6 cm³/mol. The fraction of sp³-hybridized carbons (Fsp3) is 0.500. The van der Waals surface area contributed by atoms with Crippen molar-refractivity contribution in [1.82, 2.24) is 0 Å². The second kappa shape index (κ2) is 6.39. The lowest BCUT2D eigenvalue weighted by atomic mass is 10.0. The average molecular weight is 245 g/mol. The Kier molecular flexibility index (Phi) is 5.15. The van der Waals surface area contributed by atoms with Crippen molar-refractivity contribution < 1.29 is 18.3 Å². The first-order valence-corrected chi connectivity index (χ1v) is 5.44. The standard InChI is InChI=1S/C12H17F2NO2/c1-3-9(15)6-8-4-5-10(17-12(13)14)11(7-8)16-2/h4-5,7,9,12H,3,6,15H2,1-2H3. The molecule has 0 bridgehead atoms. The minimum absolute atomic E-state index is 0.0383. The number of halogens is 2. The summed E-state index contributed by atoms with van der Waals surface area (Å²) < 4.78 is 33.5. The first-order chi connectivity index (χ1) is 8.06. The van der Waals surface area contributed by atoms with Crippen molar-refractivity contribution in [2.75, 3.05) is 7.11 Å². The summed E-state index contributed by atoms with van der Waals surface area (Å²) in [6.45, 7) is -0.858. The average Bonchev–Trinajstić information content (AvgIpc) is 2.30. The molecule has 96 valence electrons. The molecule has 1 aromatic rings. The summed E-state index contributed by atoms with van der Waals surface area (Å²) in [5, 5.41) is 0. The Morgan fingerprint density at radius 2 is 2.00 bits per heavy atom. The monoisotopic (exact) mass is 245 g/mol. The summed E-state index contributed by atoms with van der Waals surface area (Å²) in [5.74, 6) is 0.336. The van der Waals surface area contributed by atoms with Crippen molar-refractivity contribution >= 4 is 0 Å². The van der Waals surface area contributed by atoms with Crippen molar-refractivity contribution in [3.8, 4) is 11.5 Å². The lowest BCUT2D eigenvalue weighted by Crippen LogP contribution is -2.21. The minimum atomic E-state index is -2.85. The molecule has 0 heterocycles. The van der Waals surface area contributed by atoms with Gasteiger partial charge in [-0.1, -0.05) is 13.0 Å². The molecule has 0 aliphatic heterocycles. The molecule has 17 heavy (non-hydrogen) atoms. The van der Waals surface area contributed by atoms with Gasteiger partial charge in [-0.05, 0) is 30.5 Å². The van der Waals surface area contributed by atoms with Crippen LogP contribution in [0, 0.1) is 0 Å². The molecular formula is C12H17F2NO2. The Morgan fingerprint density at radius 3 is 2.53 bits per heavy atom. The van der Waals surface area contributed by atoms with Gasteiger partial charge in [0, 0.05) is 6.04 Å². The van der Waals surface area contributed by atoms with Gasteiger partial charge in [0.1, 0.15) is 0 Å². The molecule has 3 nitrogen and oxygen atoms in total. The first kappa shape index (κ1) is 13.7. The van der Waals surface area contributed by atoms with Gasteiger partial charge in [0.2, 0.25) is 0 Å². The summed E-state index contributed by atoms with van der Waals surface area (Å²) in [6, 6.07) is 4.92. The van der Waals surface area contributed by atoms with Crippen LogP contribution in [0.15, 0.2) is 18.2 Å². The third-order valence-electron chi connectivity index (χ3n) is 2.47. The first-order valence-electron chi connectivity index (χ1n) is 5.44. The molecule has 1 rings (SSSR count). The summed E-state index contributed by atoms with van der Waals surface area (Å²) in [6.07, 6.45) is 1.54.